The summed E-state index contributed by atoms with van der Waals surface area (Å²) in [6.07, 6.45) is 3.37. The molecular formula is C13H16FNO. The molecule has 0 atom stereocenters. The lowest BCUT2D eigenvalue weighted by atomic mass is 9.91. The zero-order valence-electron chi connectivity index (χ0n) is 9.66. The molecule has 0 spiro atoms. The van der Waals surface area contributed by atoms with Crippen molar-refractivity contribution in [2.75, 3.05) is 7.05 Å². The van der Waals surface area contributed by atoms with Crippen LogP contribution in [0.5, 0.6) is 0 Å². The summed E-state index contributed by atoms with van der Waals surface area (Å²) in [5, 5.41) is 0. The number of hydrogen-bond acceptors (Lipinski definition) is 1. The molecule has 1 amide bonds. The van der Waals surface area contributed by atoms with Crippen LogP contribution in [0.1, 0.15) is 35.2 Å². The van der Waals surface area contributed by atoms with Crippen LogP contribution in [0.25, 0.3) is 0 Å². The molecular weight excluding hydrogens is 205 g/mol. The quantitative estimate of drug-likeness (QED) is 0.752. The molecule has 2 nitrogen and oxygen atoms in total. The van der Waals surface area contributed by atoms with Crippen molar-refractivity contribution in [3.05, 3.63) is 35.1 Å². The minimum atomic E-state index is -0.261. The number of halogens is 1. The van der Waals surface area contributed by atoms with Crippen LogP contribution in [0.4, 0.5) is 4.39 Å². The first-order valence-electron chi connectivity index (χ1n) is 5.63. The van der Waals surface area contributed by atoms with Gasteiger partial charge in [0.1, 0.15) is 5.82 Å². The molecule has 86 valence electrons. The average molecular weight is 221 g/mol. The Labute approximate surface area is 95.1 Å². The van der Waals surface area contributed by atoms with Gasteiger partial charge in [0, 0.05) is 18.7 Å². The third-order valence-corrected chi connectivity index (χ3v) is 3.35. The van der Waals surface area contributed by atoms with Crippen molar-refractivity contribution in [1.29, 1.82) is 0 Å². The van der Waals surface area contributed by atoms with Crippen LogP contribution >= 0.6 is 0 Å². The van der Waals surface area contributed by atoms with Gasteiger partial charge in [-0.15, -0.1) is 0 Å². The molecule has 16 heavy (non-hydrogen) atoms. The maximum Gasteiger partial charge on any atom is 0.253 e. The number of amides is 1. The summed E-state index contributed by atoms with van der Waals surface area (Å²) in [4.78, 5) is 13.8. The molecule has 2 rings (SSSR count). The SMILES string of the molecule is Cc1cc(C(=O)N(C)C2CCC2)ccc1F. The lowest BCUT2D eigenvalue weighted by Crippen LogP contribution is -2.41. The number of nitrogens with zero attached hydrogens (tertiary/aromatic N) is 1. The maximum atomic E-state index is 13.1. The highest BCUT2D eigenvalue weighted by Crippen LogP contribution is 2.25. The smallest absolute Gasteiger partial charge is 0.253 e. The van der Waals surface area contributed by atoms with E-state index in [1.165, 1.54) is 12.5 Å². The van der Waals surface area contributed by atoms with E-state index in [0.717, 1.165) is 12.8 Å². The Morgan fingerprint density at radius 1 is 1.44 bits per heavy atom. The summed E-state index contributed by atoms with van der Waals surface area (Å²) in [6, 6.07) is 4.90. The minimum absolute atomic E-state index is 0.00667. The van der Waals surface area contributed by atoms with E-state index in [1.54, 1.807) is 24.0 Å². The van der Waals surface area contributed by atoms with E-state index >= 15 is 0 Å². The molecule has 0 aromatic heterocycles. The van der Waals surface area contributed by atoms with Gasteiger partial charge in [-0.3, -0.25) is 4.79 Å². The number of rotatable bonds is 2. The van der Waals surface area contributed by atoms with Gasteiger partial charge >= 0.3 is 0 Å². The van der Waals surface area contributed by atoms with Gasteiger partial charge < -0.3 is 4.90 Å². The first-order chi connectivity index (χ1) is 7.59. The number of benzene rings is 1. The monoisotopic (exact) mass is 221 g/mol. The Bertz CT molecular complexity index is 412. The van der Waals surface area contributed by atoms with Crippen molar-refractivity contribution in [3.63, 3.8) is 0 Å². The molecule has 3 heteroatoms. The fourth-order valence-electron chi connectivity index (χ4n) is 1.92. The lowest BCUT2D eigenvalue weighted by molar-refractivity contribution is 0.0652. The number of hydrogen-bond donors (Lipinski definition) is 0. The van der Waals surface area contributed by atoms with E-state index < -0.39 is 0 Å². The Kier molecular flexibility index (Phi) is 2.95. The summed E-state index contributed by atoms with van der Waals surface area (Å²) in [6.45, 7) is 1.68. The third-order valence-electron chi connectivity index (χ3n) is 3.35. The molecule has 1 fully saturated rings. The number of aryl methyl sites for hydroxylation is 1. The summed E-state index contributed by atoms with van der Waals surface area (Å²) in [5.41, 5.74) is 1.10. The normalized spacial score (nSPS) is 15.7. The van der Waals surface area contributed by atoms with Crippen molar-refractivity contribution in [3.8, 4) is 0 Å². The molecule has 0 heterocycles. The van der Waals surface area contributed by atoms with E-state index in [2.05, 4.69) is 0 Å². The molecule has 0 aliphatic heterocycles. The van der Waals surface area contributed by atoms with E-state index in [1.807, 2.05) is 7.05 Å². The van der Waals surface area contributed by atoms with Gasteiger partial charge in [0.15, 0.2) is 0 Å². The standard InChI is InChI=1S/C13H16FNO/c1-9-8-10(6-7-12(9)14)13(16)15(2)11-4-3-5-11/h6-8,11H,3-5H2,1-2H3. The summed E-state index contributed by atoms with van der Waals surface area (Å²) in [5.74, 6) is -0.268. The van der Waals surface area contributed by atoms with Crippen molar-refractivity contribution in [2.24, 2.45) is 0 Å². The van der Waals surface area contributed by atoms with E-state index in [0.29, 0.717) is 17.2 Å². The third kappa shape index (κ3) is 1.94. The van der Waals surface area contributed by atoms with Gasteiger partial charge in [-0.1, -0.05) is 0 Å². The molecule has 0 N–H and O–H groups in total. The molecule has 1 aliphatic rings. The second-order valence-electron chi connectivity index (χ2n) is 4.46. The topological polar surface area (TPSA) is 20.3 Å². The molecule has 0 radical (unpaired) electrons. The highest BCUT2D eigenvalue weighted by atomic mass is 19.1. The number of carbonyl (C=O) groups is 1. The highest BCUT2D eigenvalue weighted by Gasteiger charge is 2.26. The molecule has 1 aromatic carbocycles. The average Bonchev–Trinajstić information content (AvgIpc) is 2.18. The first kappa shape index (κ1) is 11.1. The molecule has 0 unspecified atom stereocenters. The Hall–Kier alpha value is -1.38. The van der Waals surface area contributed by atoms with Crippen LogP contribution in [-0.4, -0.2) is 23.9 Å². The molecule has 0 saturated heterocycles. The second-order valence-corrected chi connectivity index (χ2v) is 4.46. The van der Waals surface area contributed by atoms with Gasteiger partial charge in [0.2, 0.25) is 0 Å². The molecule has 1 saturated carbocycles. The Morgan fingerprint density at radius 3 is 2.62 bits per heavy atom. The maximum absolute atomic E-state index is 13.1. The van der Waals surface area contributed by atoms with Crippen LogP contribution < -0.4 is 0 Å². The lowest BCUT2D eigenvalue weighted by Gasteiger charge is -2.34. The second kappa shape index (κ2) is 4.24. The van der Waals surface area contributed by atoms with Crippen LogP contribution in [0.2, 0.25) is 0 Å². The Morgan fingerprint density at radius 2 is 2.12 bits per heavy atom. The zero-order chi connectivity index (χ0) is 11.7. The molecule has 0 bridgehead atoms. The fraction of sp³-hybridized carbons (Fsp3) is 0.462. The predicted octanol–water partition coefficient (Wildman–Crippen LogP) is 2.76. The van der Waals surface area contributed by atoms with Gasteiger partial charge in [-0.05, 0) is 49.9 Å². The van der Waals surface area contributed by atoms with Crippen LogP contribution in [0, 0.1) is 12.7 Å². The minimum Gasteiger partial charge on any atom is -0.339 e. The van der Waals surface area contributed by atoms with Crippen molar-refractivity contribution in [1.82, 2.24) is 4.90 Å². The predicted molar refractivity (Wildman–Crippen MR) is 60.9 cm³/mol. The van der Waals surface area contributed by atoms with Crippen molar-refractivity contribution < 1.29 is 9.18 Å². The first-order valence-corrected chi connectivity index (χ1v) is 5.63. The fourth-order valence-corrected chi connectivity index (χ4v) is 1.92. The van der Waals surface area contributed by atoms with Gasteiger partial charge in [0.05, 0.1) is 0 Å². The summed E-state index contributed by atoms with van der Waals surface area (Å²) < 4.78 is 13.1. The summed E-state index contributed by atoms with van der Waals surface area (Å²) >= 11 is 0. The molecule has 1 aliphatic carbocycles. The van der Waals surface area contributed by atoms with Gasteiger partial charge in [-0.25, -0.2) is 4.39 Å². The van der Waals surface area contributed by atoms with Crippen molar-refractivity contribution in [2.45, 2.75) is 32.2 Å². The van der Waals surface area contributed by atoms with E-state index in [9.17, 15) is 9.18 Å². The van der Waals surface area contributed by atoms with Crippen LogP contribution in [0.3, 0.4) is 0 Å². The largest absolute Gasteiger partial charge is 0.339 e. The van der Waals surface area contributed by atoms with Crippen molar-refractivity contribution >= 4 is 5.91 Å². The Balaban J connectivity index is 2.16. The summed E-state index contributed by atoms with van der Waals surface area (Å²) in [7, 11) is 1.82. The van der Waals surface area contributed by atoms with Crippen LogP contribution in [0.15, 0.2) is 18.2 Å². The molecule has 1 aromatic rings. The highest BCUT2D eigenvalue weighted by molar-refractivity contribution is 5.94. The van der Waals surface area contributed by atoms with Gasteiger partial charge in [-0.2, -0.15) is 0 Å². The van der Waals surface area contributed by atoms with E-state index in [4.69, 9.17) is 0 Å². The zero-order valence-corrected chi connectivity index (χ0v) is 9.66. The van der Waals surface area contributed by atoms with E-state index in [-0.39, 0.29) is 11.7 Å². The van der Waals surface area contributed by atoms with Crippen LogP contribution in [-0.2, 0) is 0 Å². The van der Waals surface area contributed by atoms with Gasteiger partial charge in [0.25, 0.3) is 5.91 Å². The number of carbonyl (C=O) groups excluding carboxylic acids is 1.